The van der Waals surface area contributed by atoms with Crippen molar-refractivity contribution < 1.29 is 4.79 Å². The highest BCUT2D eigenvalue weighted by Gasteiger charge is 2.26. The predicted molar refractivity (Wildman–Crippen MR) is 75.9 cm³/mol. The van der Waals surface area contributed by atoms with Crippen molar-refractivity contribution in [3.05, 3.63) is 24.0 Å². The molecule has 1 amide bonds. The zero-order valence-electron chi connectivity index (χ0n) is 11.7. The minimum atomic E-state index is -0.0273. The van der Waals surface area contributed by atoms with E-state index in [4.69, 9.17) is 5.73 Å². The van der Waals surface area contributed by atoms with Gasteiger partial charge in [0.25, 0.3) is 5.91 Å². The normalized spacial score (nSPS) is 17.4. The molecule has 104 valence electrons. The van der Waals surface area contributed by atoms with Gasteiger partial charge < -0.3 is 15.5 Å². The molecule has 1 aromatic heterocycles. The van der Waals surface area contributed by atoms with Gasteiger partial charge in [0.1, 0.15) is 0 Å². The lowest BCUT2D eigenvalue weighted by Crippen LogP contribution is -2.45. The molecule has 1 aliphatic heterocycles. The lowest BCUT2D eigenvalue weighted by molar-refractivity contribution is 0.0647. The Morgan fingerprint density at radius 1 is 1.53 bits per heavy atom. The topological polar surface area (TPSA) is 62.5 Å². The lowest BCUT2D eigenvalue weighted by Gasteiger charge is -2.36. The molecule has 1 aromatic rings. The van der Waals surface area contributed by atoms with Crippen LogP contribution in [-0.2, 0) is 0 Å². The van der Waals surface area contributed by atoms with Crippen LogP contribution >= 0.6 is 0 Å². The number of nitrogens with two attached hydrogens (primary N) is 1. The molecule has 0 saturated carbocycles. The molecule has 1 aliphatic rings. The summed E-state index contributed by atoms with van der Waals surface area (Å²) in [6.07, 6.45) is 5.20. The Morgan fingerprint density at radius 3 is 2.79 bits per heavy atom. The third kappa shape index (κ3) is 3.04. The van der Waals surface area contributed by atoms with E-state index in [2.05, 4.69) is 16.8 Å². The Labute approximate surface area is 114 Å². The lowest BCUT2D eigenvalue weighted by atomic mass is 10.0. The first-order valence-electron chi connectivity index (χ1n) is 6.82. The third-order valence-corrected chi connectivity index (χ3v) is 3.96. The summed E-state index contributed by atoms with van der Waals surface area (Å²) in [5.41, 5.74) is 6.84. The van der Waals surface area contributed by atoms with Crippen LogP contribution in [0.2, 0.25) is 0 Å². The maximum atomic E-state index is 12.4. The monoisotopic (exact) mass is 262 g/mol. The number of likely N-dealkylation sites (tertiary alicyclic amines) is 1. The third-order valence-electron chi connectivity index (χ3n) is 3.96. The van der Waals surface area contributed by atoms with E-state index in [9.17, 15) is 4.79 Å². The maximum Gasteiger partial charge on any atom is 0.257 e. The predicted octanol–water partition coefficient (Wildman–Crippen LogP) is 1.22. The van der Waals surface area contributed by atoms with Gasteiger partial charge in [-0.15, -0.1) is 0 Å². The van der Waals surface area contributed by atoms with Crippen LogP contribution in [0.5, 0.6) is 0 Å². The fraction of sp³-hybridized carbons (Fsp3) is 0.571. The number of nitrogen functional groups attached to an aromatic ring is 1. The second-order valence-electron chi connectivity index (χ2n) is 5.04. The number of aromatic nitrogens is 1. The molecule has 0 spiro atoms. The van der Waals surface area contributed by atoms with Crippen LogP contribution in [0.25, 0.3) is 0 Å². The van der Waals surface area contributed by atoms with Gasteiger partial charge in [-0.1, -0.05) is 6.92 Å². The molecule has 5 nitrogen and oxygen atoms in total. The van der Waals surface area contributed by atoms with Gasteiger partial charge in [0.2, 0.25) is 0 Å². The Kier molecular flexibility index (Phi) is 4.37. The Bertz CT molecular complexity index is 441. The summed E-state index contributed by atoms with van der Waals surface area (Å²) in [6, 6.07) is 1.97. The van der Waals surface area contributed by atoms with Crippen LogP contribution in [0.3, 0.4) is 0 Å². The van der Waals surface area contributed by atoms with Crippen molar-refractivity contribution >= 4 is 11.6 Å². The zero-order valence-corrected chi connectivity index (χ0v) is 11.7. The van der Waals surface area contributed by atoms with Crippen molar-refractivity contribution in [1.82, 2.24) is 14.8 Å². The number of carbonyl (C=O) groups excluding carboxylic acids is 1. The largest absolute Gasteiger partial charge is 0.398 e. The number of rotatable bonds is 3. The van der Waals surface area contributed by atoms with Crippen molar-refractivity contribution in [2.24, 2.45) is 0 Å². The number of hydrogen-bond donors (Lipinski definition) is 1. The van der Waals surface area contributed by atoms with Crippen LogP contribution in [0.15, 0.2) is 18.5 Å². The van der Waals surface area contributed by atoms with Gasteiger partial charge >= 0.3 is 0 Å². The summed E-state index contributed by atoms with van der Waals surface area (Å²) in [5, 5.41) is 0. The number of anilines is 1. The van der Waals surface area contributed by atoms with Gasteiger partial charge in [-0.05, 0) is 25.5 Å². The number of pyridine rings is 1. The SMILES string of the molecule is CCN1CCC(N(C)C(=O)c2cnccc2N)CC1. The molecule has 1 saturated heterocycles. The van der Waals surface area contributed by atoms with Gasteiger partial charge in [0, 0.05) is 44.3 Å². The minimum Gasteiger partial charge on any atom is -0.398 e. The maximum absolute atomic E-state index is 12.4. The first-order chi connectivity index (χ1) is 9.13. The van der Waals surface area contributed by atoms with Crippen molar-refractivity contribution in [2.75, 3.05) is 32.4 Å². The molecular weight excluding hydrogens is 240 g/mol. The summed E-state index contributed by atoms with van der Waals surface area (Å²) in [6.45, 7) is 5.37. The molecule has 0 aromatic carbocycles. The second-order valence-corrected chi connectivity index (χ2v) is 5.04. The summed E-state index contributed by atoms with van der Waals surface area (Å²) < 4.78 is 0. The fourth-order valence-electron chi connectivity index (χ4n) is 2.56. The highest BCUT2D eigenvalue weighted by molar-refractivity contribution is 5.98. The van der Waals surface area contributed by atoms with E-state index < -0.39 is 0 Å². The van der Waals surface area contributed by atoms with Gasteiger partial charge in [-0.25, -0.2) is 0 Å². The van der Waals surface area contributed by atoms with Gasteiger partial charge in [0.15, 0.2) is 0 Å². The molecule has 0 unspecified atom stereocenters. The van der Waals surface area contributed by atoms with E-state index in [1.54, 1.807) is 18.5 Å². The summed E-state index contributed by atoms with van der Waals surface area (Å²) in [5.74, 6) is -0.0273. The van der Waals surface area contributed by atoms with E-state index >= 15 is 0 Å². The molecule has 2 rings (SSSR count). The Balaban J connectivity index is 2.02. The molecule has 0 bridgehead atoms. The van der Waals surface area contributed by atoms with E-state index in [-0.39, 0.29) is 5.91 Å². The highest BCUT2D eigenvalue weighted by atomic mass is 16.2. The fourth-order valence-corrected chi connectivity index (χ4v) is 2.56. The van der Waals surface area contributed by atoms with Crippen molar-refractivity contribution in [1.29, 1.82) is 0 Å². The second kappa shape index (κ2) is 6.02. The zero-order chi connectivity index (χ0) is 13.8. The summed E-state index contributed by atoms with van der Waals surface area (Å²) in [4.78, 5) is 20.6. The molecular formula is C14H22N4O. The van der Waals surface area contributed by atoms with E-state index in [0.717, 1.165) is 32.5 Å². The van der Waals surface area contributed by atoms with Crippen LogP contribution in [0, 0.1) is 0 Å². The van der Waals surface area contributed by atoms with E-state index in [1.807, 2.05) is 11.9 Å². The van der Waals surface area contributed by atoms with Crippen molar-refractivity contribution in [3.63, 3.8) is 0 Å². The van der Waals surface area contributed by atoms with Crippen LogP contribution < -0.4 is 5.73 Å². The van der Waals surface area contributed by atoms with Gasteiger partial charge in [0.05, 0.1) is 5.56 Å². The number of hydrogen-bond acceptors (Lipinski definition) is 4. The van der Waals surface area contributed by atoms with Crippen LogP contribution in [0.4, 0.5) is 5.69 Å². The van der Waals surface area contributed by atoms with E-state index in [1.165, 1.54) is 0 Å². The van der Waals surface area contributed by atoms with Crippen molar-refractivity contribution in [2.45, 2.75) is 25.8 Å². The first kappa shape index (κ1) is 13.8. The molecule has 2 N–H and O–H groups in total. The van der Waals surface area contributed by atoms with E-state index in [0.29, 0.717) is 17.3 Å². The van der Waals surface area contributed by atoms with Gasteiger partial charge in [-0.2, -0.15) is 0 Å². The molecule has 0 radical (unpaired) electrons. The van der Waals surface area contributed by atoms with Crippen LogP contribution in [0.1, 0.15) is 30.1 Å². The minimum absolute atomic E-state index is 0.0273. The summed E-state index contributed by atoms with van der Waals surface area (Å²) >= 11 is 0. The molecule has 19 heavy (non-hydrogen) atoms. The molecule has 5 heteroatoms. The van der Waals surface area contributed by atoms with Gasteiger partial charge in [-0.3, -0.25) is 9.78 Å². The van der Waals surface area contributed by atoms with Crippen molar-refractivity contribution in [3.8, 4) is 0 Å². The Morgan fingerprint density at radius 2 is 2.21 bits per heavy atom. The molecule has 2 heterocycles. The standard InChI is InChI=1S/C14H22N4O/c1-3-18-8-5-11(6-9-18)17(2)14(19)12-10-16-7-4-13(12)15/h4,7,10-11H,3,5-6,8-9H2,1-2H3,(H2,15,16). The quantitative estimate of drug-likeness (QED) is 0.889. The molecule has 0 atom stereocenters. The highest BCUT2D eigenvalue weighted by Crippen LogP contribution is 2.19. The average Bonchev–Trinajstić information content (AvgIpc) is 2.46. The average molecular weight is 262 g/mol. The number of nitrogens with zero attached hydrogens (tertiary/aromatic N) is 3. The Hall–Kier alpha value is -1.62. The number of piperidine rings is 1. The molecule has 0 aliphatic carbocycles. The number of amides is 1. The number of carbonyl (C=O) groups is 1. The van der Waals surface area contributed by atoms with Crippen LogP contribution in [-0.4, -0.2) is 53.4 Å². The summed E-state index contributed by atoms with van der Waals surface area (Å²) in [7, 11) is 1.86. The smallest absolute Gasteiger partial charge is 0.257 e. The first-order valence-corrected chi connectivity index (χ1v) is 6.82. The molecule has 1 fully saturated rings.